The van der Waals surface area contributed by atoms with E-state index in [2.05, 4.69) is 25.9 Å². The number of anilines is 1. The van der Waals surface area contributed by atoms with E-state index in [1.165, 1.54) is 11.9 Å². The highest BCUT2D eigenvalue weighted by molar-refractivity contribution is 5.43. The van der Waals surface area contributed by atoms with Gasteiger partial charge < -0.3 is 4.90 Å². The van der Waals surface area contributed by atoms with Gasteiger partial charge in [0.05, 0.1) is 5.69 Å². The van der Waals surface area contributed by atoms with Crippen molar-refractivity contribution in [2.24, 2.45) is 0 Å². The van der Waals surface area contributed by atoms with Gasteiger partial charge in [-0.2, -0.15) is 0 Å². The minimum Gasteiger partial charge on any atom is -0.352 e. The molecular weight excluding hydrogens is 293 g/mol. The topological polar surface area (TPSA) is 45.2 Å². The van der Waals surface area contributed by atoms with Crippen LogP contribution in [0.2, 0.25) is 0 Å². The summed E-state index contributed by atoms with van der Waals surface area (Å²) in [5.41, 5.74) is 1.82. The van der Waals surface area contributed by atoms with Crippen LogP contribution in [0.1, 0.15) is 30.0 Å². The average molecular weight is 313 g/mol. The number of pyridine rings is 1. The van der Waals surface area contributed by atoms with Crippen LogP contribution in [0.5, 0.6) is 0 Å². The summed E-state index contributed by atoms with van der Waals surface area (Å²) in [6.07, 6.45) is 7.29. The summed E-state index contributed by atoms with van der Waals surface area (Å²) in [7, 11) is 0. The van der Waals surface area contributed by atoms with E-state index in [1.54, 1.807) is 6.20 Å². The third-order valence-corrected chi connectivity index (χ3v) is 4.56. The average Bonchev–Trinajstić information content (AvgIpc) is 3.42. The molecule has 6 heteroatoms. The first kappa shape index (κ1) is 14.5. The SMILES string of the molecule is Fc1c(C2CC2)ncnc1N1CCN(Cc2cccnc2)CC1. The van der Waals surface area contributed by atoms with Crippen LogP contribution >= 0.6 is 0 Å². The molecule has 0 amide bonds. The summed E-state index contributed by atoms with van der Waals surface area (Å²) in [4.78, 5) is 16.9. The lowest BCUT2D eigenvalue weighted by molar-refractivity contribution is 0.248. The molecule has 0 aromatic carbocycles. The van der Waals surface area contributed by atoms with Crippen molar-refractivity contribution in [3.63, 3.8) is 0 Å². The van der Waals surface area contributed by atoms with Crippen LogP contribution in [0.3, 0.4) is 0 Å². The van der Waals surface area contributed by atoms with Crippen LogP contribution in [0.15, 0.2) is 30.9 Å². The highest BCUT2D eigenvalue weighted by Gasteiger charge is 2.31. The predicted molar refractivity (Wildman–Crippen MR) is 85.7 cm³/mol. The number of hydrogen-bond donors (Lipinski definition) is 0. The fraction of sp³-hybridized carbons (Fsp3) is 0.471. The van der Waals surface area contributed by atoms with E-state index in [-0.39, 0.29) is 5.82 Å². The van der Waals surface area contributed by atoms with Gasteiger partial charge in [0.2, 0.25) is 0 Å². The molecule has 3 heterocycles. The number of piperazine rings is 1. The molecule has 2 fully saturated rings. The Hall–Kier alpha value is -2.08. The molecule has 2 aromatic rings. The van der Waals surface area contributed by atoms with Crippen molar-refractivity contribution >= 4 is 5.82 Å². The summed E-state index contributed by atoms with van der Waals surface area (Å²) < 4.78 is 14.6. The molecule has 1 aliphatic carbocycles. The van der Waals surface area contributed by atoms with E-state index in [9.17, 15) is 4.39 Å². The maximum absolute atomic E-state index is 14.6. The minimum atomic E-state index is -0.212. The first-order valence-corrected chi connectivity index (χ1v) is 8.18. The predicted octanol–water partition coefficient (Wildman–Crippen LogP) is 2.21. The van der Waals surface area contributed by atoms with Gasteiger partial charge in [0.25, 0.3) is 0 Å². The Morgan fingerprint density at radius 3 is 2.65 bits per heavy atom. The summed E-state index contributed by atoms with van der Waals surface area (Å²) in [6, 6.07) is 4.05. The highest BCUT2D eigenvalue weighted by Crippen LogP contribution is 2.41. The van der Waals surface area contributed by atoms with Crippen molar-refractivity contribution in [2.75, 3.05) is 31.1 Å². The van der Waals surface area contributed by atoms with Crippen molar-refractivity contribution in [1.29, 1.82) is 0 Å². The number of rotatable bonds is 4. The fourth-order valence-corrected chi connectivity index (χ4v) is 3.10. The molecule has 0 N–H and O–H groups in total. The molecule has 0 atom stereocenters. The second-order valence-electron chi connectivity index (χ2n) is 6.30. The molecule has 120 valence electrons. The summed E-state index contributed by atoms with van der Waals surface area (Å²) in [5.74, 6) is 0.572. The maximum Gasteiger partial charge on any atom is 0.187 e. The van der Waals surface area contributed by atoms with Gasteiger partial charge in [-0.15, -0.1) is 0 Å². The first-order chi connectivity index (χ1) is 11.3. The van der Waals surface area contributed by atoms with Crippen LogP contribution in [-0.2, 0) is 6.54 Å². The Morgan fingerprint density at radius 2 is 1.96 bits per heavy atom. The summed E-state index contributed by atoms with van der Waals surface area (Å²) >= 11 is 0. The highest BCUT2D eigenvalue weighted by atomic mass is 19.1. The first-order valence-electron chi connectivity index (χ1n) is 8.18. The van der Waals surface area contributed by atoms with E-state index in [4.69, 9.17) is 0 Å². The lowest BCUT2D eigenvalue weighted by Gasteiger charge is -2.35. The minimum absolute atomic E-state index is 0.212. The Labute approximate surface area is 135 Å². The fourth-order valence-electron chi connectivity index (χ4n) is 3.10. The van der Waals surface area contributed by atoms with Crippen LogP contribution in [0.25, 0.3) is 0 Å². The molecule has 23 heavy (non-hydrogen) atoms. The lowest BCUT2D eigenvalue weighted by Crippen LogP contribution is -2.46. The number of aromatic nitrogens is 3. The molecule has 1 saturated heterocycles. The molecule has 2 aliphatic rings. The van der Waals surface area contributed by atoms with Crippen molar-refractivity contribution in [3.05, 3.63) is 47.9 Å². The van der Waals surface area contributed by atoms with Crippen molar-refractivity contribution < 1.29 is 4.39 Å². The van der Waals surface area contributed by atoms with Crippen molar-refractivity contribution in [3.8, 4) is 0 Å². The zero-order valence-corrected chi connectivity index (χ0v) is 13.0. The van der Waals surface area contributed by atoms with Gasteiger partial charge in [-0.1, -0.05) is 6.07 Å². The zero-order valence-electron chi connectivity index (χ0n) is 13.0. The van der Waals surface area contributed by atoms with E-state index < -0.39 is 0 Å². The maximum atomic E-state index is 14.6. The normalized spacial score (nSPS) is 19.1. The molecule has 2 aromatic heterocycles. The monoisotopic (exact) mass is 313 g/mol. The molecule has 0 radical (unpaired) electrons. The smallest absolute Gasteiger partial charge is 0.187 e. The Balaban J connectivity index is 1.41. The standard InChI is InChI=1S/C17H20FN5/c18-15-16(14-3-4-14)20-12-21-17(15)23-8-6-22(7-9-23)11-13-2-1-5-19-10-13/h1-2,5,10,12,14H,3-4,6-9,11H2. The van der Waals surface area contributed by atoms with Gasteiger partial charge in [0.15, 0.2) is 11.6 Å². The molecule has 1 aliphatic heterocycles. The Morgan fingerprint density at radius 1 is 1.13 bits per heavy atom. The molecule has 4 rings (SSSR count). The quantitative estimate of drug-likeness (QED) is 0.866. The molecule has 1 saturated carbocycles. The van der Waals surface area contributed by atoms with E-state index in [0.717, 1.165) is 45.6 Å². The molecule has 0 bridgehead atoms. The molecule has 0 unspecified atom stereocenters. The van der Waals surface area contributed by atoms with Crippen LogP contribution in [0.4, 0.5) is 10.2 Å². The molecule has 5 nitrogen and oxygen atoms in total. The largest absolute Gasteiger partial charge is 0.352 e. The molecule has 0 spiro atoms. The third-order valence-electron chi connectivity index (χ3n) is 4.56. The van der Waals surface area contributed by atoms with Crippen LogP contribution in [-0.4, -0.2) is 46.0 Å². The van der Waals surface area contributed by atoms with E-state index >= 15 is 0 Å². The van der Waals surface area contributed by atoms with E-state index in [0.29, 0.717) is 17.4 Å². The van der Waals surface area contributed by atoms with Gasteiger partial charge in [0.1, 0.15) is 6.33 Å². The zero-order chi connectivity index (χ0) is 15.6. The summed E-state index contributed by atoms with van der Waals surface area (Å²) in [6.45, 7) is 4.27. The number of halogens is 1. The lowest BCUT2D eigenvalue weighted by atomic mass is 10.2. The second-order valence-corrected chi connectivity index (χ2v) is 6.30. The van der Waals surface area contributed by atoms with Crippen LogP contribution in [0, 0.1) is 5.82 Å². The number of nitrogens with zero attached hydrogens (tertiary/aromatic N) is 5. The van der Waals surface area contributed by atoms with E-state index in [1.807, 2.05) is 17.2 Å². The van der Waals surface area contributed by atoms with Crippen molar-refractivity contribution in [1.82, 2.24) is 19.9 Å². The van der Waals surface area contributed by atoms with Gasteiger partial charge in [-0.05, 0) is 24.5 Å². The Bertz CT molecular complexity index is 666. The summed E-state index contributed by atoms with van der Waals surface area (Å²) in [5, 5.41) is 0. The molecular formula is C17H20FN5. The number of hydrogen-bond acceptors (Lipinski definition) is 5. The van der Waals surface area contributed by atoms with Crippen LogP contribution < -0.4 is 4.90 Å². The van der Waals surface area contributed by atoms with Gasteiger partial charge in [-0.25, -0.2) is 14.4 Å². The van der Waals surface area contributed by atoms with Crippen molar-refractivity contribution in [2.45, 2.75) is 25.3 Å². The second kappa shape index (κ2) is 6.20. The third kappa shape index (κ3) is 3.17. The van der Waals surface area contributed by atoms with Gasteiger partial charge in [0, 0.05) is 51.0 Å². The Kier molecular flexibility index (Phi) is 3.91. The van der Waals surface area contributed by atoms with Gasteiger partial charge >= 0.3 is 0 Å². The van der Waals surface area contributed by atoms with Gasteiger partial charge in [-0.3, -0.25) is 9.88 Å².